The Bertz CT molecular complexity index is 1290. The van der Waals surface area contributed by atoms with Gasteiger partial charge in [0.05, 0.1) is 18.2 Å². The first-order chi connectivity index (χ1) is 15.9. The molecule has 166 valence electrons. The van der Waals surface area contributed by atoms with Crippen LogP contribution in [0, 0.1) is 13.8 Å². The van der Waals surface area contributed by atoms with Gasteiger partial charge >= 0.3 is 0 Å². The maximum atomic E-state index is 13.3. The lowest BCUT2D eigenvalue weighted by molar-refractivity contribution is -0.132. The minimum Gasteiger partial charge on any atom is -0.507 e. The van der Waals surface area contributed by atoms with Crippen LogP contribution in [0.25, 0.3) is 5.76 Å². The standard InChI is InChI=1S/C28H25NO4/c1-17-8-11-22(12-9-17)29-25(20-6-3-5-18(2)15-20)24(27(31)28(29)32)26(30)21-10-13-23-19(16-21)7-4-14-33-23/h3,5-6,8-13,15-16,25,30H,4,7,14H2,1-2H3/b26-24-. The quantitative estimate of drug-likeness (QED) is 0.344. The van der Waals surface area contributed by atoms with Crippen LogP contribution in [0.2, 0.25) is 0 Å². The molecule has 0 aliphatic carbocycles. The number of hydrogen-bond donors (Lipinski definition) is 1. The summed E-state index contributed by atoms with van der Waals surface area (Å²) in [6, 6.07) is 19.9. The van der Waals surface area contributed by atoms with Gasteiger partial charge < -0.3 is 9.84 Å². The molecule has 1 unspecified atom stereocenters. The van der Waals surface area contributed by atoms with Crippen molar-refractivity contribution in [2.45, 2.75) is 32.7 Å². The molecule has 2 aliphatic rings. The van der Waals surface area contributed by atoms with Gasteiger partial charge in [-0.25, -0.2) is 0 Å². The minimum absolute atomic E-state index is 0.0999. The van der Waals surface area contributed by atoms with E-state index in [1.807, 2.05) is 74.5 Å². The number of carbonyl (C=O) groups is 2. The van der Waals surface area contributed by atoms with Crippen molar-refractivity contribution in [3.8, 4) is 5.75 Å². The summed E-state index contributed by atoms with van der Waals surface area (Å²) in [5.41, 5.74) is 5.06. The Morgan fingerprint density at radius 3 is 2.52 bits per heavy atom. The molecule has 5 heteroatoms. The molecule has 1 amide bonds. The molecule has 1 saturated heterocycles. The van der Waals surface area contributed by atoms with E-state index in [-0.39, 0.29) is 11.3 Å². The first-order valence-corrected chi connectivity index (χ1v) is 11.1. The second-order valence-electron chi connectivity index (χ2n) is 8.69. The molecule has 0 spiro atoms. The third kappa shape index (κ3) is 3.69. The zero-order valence-corrected chi connectivity index (χ0v) is 18.7. The second kappa shape index (κ2) is 8.24. The number of ether oxygens (including phenoxy) is 1. The van der Waals surface area contributed by atoms with Crippen molar-refractivity contribution in [1.29, 1.82) is 0 Å². The molecule has 0 aromatic heterocycles. The normalized spacial score (nSPS) is 19.3. The van der Waals surface area contributed by atoms with Crippen molar-refractivity contribution < 1.29 is 19.4 Å². The molecule has 2 aliphatic heterocycles. The number of Topliss-reactive ketones (excluding diaryl/α,β-unsaturated/α-hetero) is 1. The fourth-order valence-corrected chi connectivity index (χ4v) is 4.62. The summed E-state index contributed by atoms with van der Waals surface area (Å²) in [7, 11) is 0. The Morgan fingerprint density at radius 2 is 1.76 bits per heavy atom. The predicted molar refractivity (Wildman–Crippen MR) is 127 cm³/mol. The molecule has 5 rings (SSSR count). The van der Waals surface area contributed by atoms with Gasteiger partial charge in [-0.05, 0) is 68.1 Å². The monoisotopic (exact) mass is 439 g/mol. The highest BCUT2D eigenvalue weighted by atomic mass is 16.5. The summed E-state index contributed by atoms with van der Waals surface area (Å²) in [5.74, 6) is -0.697. The zero-order chi connectivity index (χ0) is 23.1. The van der Waals surface area contributed by atoms with Crippen LogP contribution in [0.5, 0.6) is 5.75 Å². The number of aliphatic hydroxyl groups excluding tert-OH is 1. The molecule has 0 saturated carbocycles. The van der Waals surface area contributed by atoms with Gasteiger partial charge in [-0.3, -0.25) is 14.5 Å². The molecule has 1 N–H and O–H groups in total. The Hall–Kier alpha value is -3.86. The number of fused-ring (bicyclic) bond motifs is 1. The van der Waals surface area contributed by atoms with Crippen LogP contribution in [0.1, 0.15) is 40.3 Å². The van der Waals surface area contributed by atoms with Crippen molar-refractivity contribution in [1.82, 2.24) is 0 Å². The van der Waals surface area contributed by atoms with E-state index in [1.54, 1.807) is 6.07 Å². The van der Waals surface area contributed by atoms with Gasteiger partial charge in [-0.1, -0.05) is 47.5 Å². The van der Waals surface area contributed by atoms with E-state index in [0.29, 0.717) is 17.9 Å². The van der Waals surface area contributed by atoms with Crippen molar-refractivity contribution in [3.63, 3.8) is 0 Å². The minimum atomic E-state index is -0.722. The molecule has 33 heavy (non-hydrogen) atoms. The summed E-state index contributed by atoms with van der Waals surface area (Å²) in [4.78, 5) is 28.0. The summed E-state index contributed by atoms with van der Waals surface area (Å²) in [5, 5.41) is 11.4. The maximum Gasteiger partial charge on any atom is 0.300 e. The second-order valence-corrected chi connectivity index (χ2v) is 8.69. The van der Waals surface area contributed by atoms with E-state index in [2.05, 4.69) is 0 Å². The highest BCUT2D eigenvalue weighted by molar-refractivity contribution is 6.51. The van der Waals surface area contributed by atoms with Gasteiger partial charge in [-0.15, -0.1) is 0 Å². The van der Waals surface area contributed by atoms with Crippen LogP contribution in [-0.4, -0.2) is 23.4 Å². The zero-order valence-electron chi connectivity index (χ0n) is 18.7. The summed E-state index contributed by atoms with van der Waals surface area (Å²) in [6.45, 7) is 4.61. The van der Waals surface area contributed by atoms with Crippen molar-refractivity contribution in [2.75, 3.05) is 11.5 Å². The van der Waals surface area contributed by atoms with Gasteiger partial charge in [0, 0.05) is 11.3 Å². The summed E-state index contributed by atoms with van der Waals surface area (Å²) in [6.07, 6.45) is 1.74. The maximum absolute atomic E-state index is 13.3. The van der Waals surface area contributed by atoms with Crippen LogP contribution >= 0.6 is 0 Å². The Balaban J connectivity index is 1.70. The lowest BCUT2D eigenvalue weighted by Gasteiger charge is -2.26. The van der Waals surface area contributed by atoms with E-state index in [9.17, 15) is 14.7 Å². The number of anilines is 1. The lowest BCUT2D eigenvalue weighted by atomic mass is 9.93. The van der Waals surface area contributed by atoms with Gasteiger partial charge in [0.2, 0.25) is 0 Å². The average molecular weight is 440 g/mol. The molecule has 5 nitrogen and oxygen atoms in total. The van der Waals surface area contributed by atoms with Crippen molar-refractivity contribution in [2.24, 2.45) is 0 Å². The molecule has 0 bridgehead atoms. The van der Waals surface area contributed by atoms with E-state index in [0.717, 1.165) is 40.8 Å². The summed E-state index contributed by atoms with van der Waals surface area (Å²) >= 11 is 0. The van der Waals surface area contributed by atoms with E-state index >= 15 is 0 Å². The highest BCUT2D eigenvalue weighted by Gasteiger charge is 2.47. The molecular formula is C28H25NO4. The van der Waals surface area contributed by atoms with E-state index in [1.165, 1.54) is 4.90 Å². The molecular weight excluding hydrogens is 414 g/mol. The molecule has 3 aromatic carbocycles. The van der Waals surface area contributed by atoms with Gasteiger partial charge in [0.15, 0.2) is 0 Å². The molecule has 1 fully saturated rings. The number of rotatable bonds is 3. The third-order valence-corrected chi connectivity index (χ3v) is 6.30. The topological polar surface area (TPSA) is 66.8 Å². The predicted octanol–water partition coefficient (Wildman–Crippen LogP) is 5.25. The van der Waals surface area contributed by atoms with Crippen LogP contribution in [0.4, 0.5) is 5.69 Å². The Morgan fingerprint density at radius 1 is 0.970 bits per heavy atom. The van der Waals surface area contributed by atoms with Crippen LogP contribution in [0.15, 0.2) is 72.3 Å². The third-order valence-electron chi connectivity index (χ3n) is 6.30. The SMILES string of the molecule is Cc1ccc(N2C(=O)C(=O)/C(=C(\O)c3ccc4c(c3)CCCO4)C2c2cccc(C)c2)cc1. The molecule has 2 heterocycles. The molecule has 1 atom stereocenters. The fourth-order valence-electron chi connectivity index (χ4n) is 4.62. The van der Waals surface area contributed by atoms with Crippen molar-refractivity contribution >= 4 is 23.1 Å². The average Bonchev–Trinajstić information content (AvgIpc) is 3.09. The van der Waals surface area contributed by atoms with Crippen LogP contribution < -0.4 is 9.64 Å². The van der Waals surface area contributed by atoms with Gasteiger partial charge in [0.25, 0.3) is 11.7 Å². The van der Waals surface area contributed by atoms with E-state index in [4.69, 9.17) is 4.74 Å². The largest absolute Gasteiger partial charge is 0.507 e. The number of hydrogen-bond acceptors (Lipinski definition) is 4. The fraction of sp³-hybridized carbons (Fsp3) is 0.214. The van der Waals surface area contributed by atoms with Crippen LogP contribution in [0.3, 0.4) is 0 Å². The smallest absolute Gasteiger partial charge is 0.300 e. The van der Waals surface area contributed by atoms with Gasteiger partial charge in [0.1, 0.15) is 11.5 Å². The molecule has 0 radical (unpaired) electrons. The highest BCUT2D eigenvalue weighted by Crippen LogP contribution is 2.42. The number of benzene rings is 3. The number of ketones is 1. The number of aryl methyl sites for hydroxylation is 3. The van der Waals surface area contributed by atoms with Gasteiger partial charge in [-0.2, -0.15) is 0 Å². The number of nitrogens with zero attached hydrogens (tertiary/aromatic N) is 1. The van der Waals surface area contributed by atoms with Crippen LogP contribution in [-0.2, 0) is 16.0 Å². The number of amides is 1. The van der Waals surface area contributed by atoms with Crippen molar-refractivity contribution in [3.05, 3.63) is 100 Å². The first-order valence-electron chi connectivity index (χ1n) is 11.1. The Labute approximate surface area is 192 Å². The number of carbonyl (C=O) groups excluding carboxylic acids is 2. The molecule has 3 aromatic rings. The van der Waals surface area contributed by atoms with E-state index < -0.39 is 17.7 Å². The first kappa shape index (κ1) is 21.0. The Kier molecular flexibility index (Phi) is 5.25. The summed E-state index contributed by atoms with van der Waals surface area (Å²) < 4.78 is 5.68. The number of aliphatic hydroxyl groups is 1. The lowest BCUT2D eigenvalue weighted by Crippen LogP contribution is -2.29.